The number of aliphatic carboxylic acids is 1. The number of carboxylic acids is 1. The van der Waals surface area contributed by atoms with Gasteiger partial charge in [-0.3, -0.25) is 14.5 Å². The van der Waals surface area contributed by atoms with E-state index in [1.165, 1.54) is 17.9 Å². The summed E-state index contributed by atoms with van der Waals surface area (Å²) in [5.41, 5.74) is 0.761. The van der Waals surface area contributed by atoms with Crippen LogP contribution in [0.3, 0.4) is 0 Å². The molecule has 2 atom stereocenters. The molecule has 6 nitrogen and oxygen atoms in total. The fraction of sp³-hybridized carbons (Fsp3) is 0.400. The van der Waals surface area contributed by atoms with Gasteiger partial charge in [-0.25, -0.2) is 4.79 Å². The van der Waals surface area contributed by atoms with Gasteiger partial charge in [-0.2, -0.15) is 0 Å². The van der Waals surface area contributed by atoms with Crippen LogP contribution in [0.4, 0.5) is 5.69 Å². The van der Waals surface area contributed by atoms with Crippen LogP contribution in [0.2, 0.25) is 0 Å². The van der Waals surface area contributed by atoms with Crippen molar-refractivity contribution in [3.05, 3.63) is 23.8 Å². The Morgan fingerprint density at radius 2 is 2.10 bits per heavy atom. The molecule has 1 heterocycles. The van der Waals surface area contributed by atoms with Gasteiger partial charge in [-0.15, -0.1) is 0 Å². The first-order chi connectivity index (χ1) is 9.86. The highest BCUT2D eigenvalue weighted by atomic mass is 16.5. The van der Waals surface area contributed by atoms with Gasteiger partial charge < -0.3 is 9.84 Å². The number of Topliss-reactive ketones (excluding diaryl/α,β-unsaturated/α-hetero) is 1. The summed E-state index contributed by atoms with van der Waals surface area (Å²) >= 11 is 0. The van der Waals surface area contributed by atoms with Crippen LogP contribution in [0.25, 0.3) is 0 Å². The lowest BCUT2D eigenvalue weighted by Gasteiger charge is -2.35. The Hall–Kier alpha value is -2.37. The Morgan fingerprint density at radius 1 is 1.43 bits per heavy atom. The number of amides is 1. The van der Waals surface area contributed by atoms with Gasteiger partial charge in [0.1, 0.15) is 11.8 Å². The smallest absolute Gasteiger partial charge is 0.326 e. The first-order valence-electron chi connectivity index (χ1n) is 6.76. The molecule has 2 unspecified atom stereocenters. The number of fused-ring (bicyclic) bond motifs is 1. The number of benzene rings is 1. The molecule has 1 N–H and O–H groups in total. The number of rotatable bonds is 4. The van der Waals surface area contributed by atoms with Crippen molar-refractivity contribution < 1.29 is 24.2 Å². The number of carbonyl (C=O) groups is 3. The molecule has 1 aromatic rings. The minimum atomic E-state index is -1.12. The van der Waals surface area contributed by atoms with E-state index in [0.29, 0.717) is 23.4 Å². The molecule has 1 amide bonds. The third-order valence-electron chi connectivity index (χ3n) is 3.50. The molecule has 0 aromatic heterocycles. The van der Waals surface area contributed by atoms with Crippen LogP contribution in [0.15, 0.2) is 18.2 Å². The van der Waals surface area contributed by atoms with Gasteiger partial charge in [-0.1, -0.05) is 6.92 Å². The average Bonchev–Trinajstić information content (AvgIpc) is 2.46. The topological polar surface area (TPSA) is 83.9 Å². The maximum absolute atomic E-state index is 12.2. The highest BCUT2D eigenvalue weighted by Gasteiger charge is 2.37. The lowest BCUT2D eigenvalue weighted by molar-refractivity contribution is -0.140. The Morgan fingerprint density at radius 3 is 2.67 bits per heavy atom. The molecule has 0 aliphatic carbocycles. The number of hydrogen-bond donors (Lipinski definition) is 1. The van der Waals surface area contributed by atoms with E-state index in [1.54, 1.807) is 26.0 Å². The summed E-state index contributed by atoms with van der Waals surface area (Å²) in [7, 11) is 0. The maximum Gasteiger partial charge on any atom is 0.326 e. The van der Waals surface area contributed by atoms with Crippen molar-refractivity contribution in [1.82, 2.24) is 0 Å². The average molecular weight is 291 g/mol. The van der Waals surface area contributed by atoms with Crippen molar-refractivity contribution in [2.75, 3.05) is 4.90 Å². The van der Waals surface area contributed by atoms with Gasteiger partial charge in [0.2, 0.25) is 0 Å². The quantitative estimate of drug-likeness (QED) is 0.856. The van der Waals surface area contributed by atoms with E-state index in [-0.39, 0.29) is 5.78 Å². The predicted molar refractivity (Wildman–Crippen MR) is 75.7 cm³/mol. The first kappa shape index (κ1) is 15.0. The van der Waals surface area contributed by atoms with Crippen LogP contribution < -0.4 is 9.64 Å². The molecule has 2 rings (SSSR count). The van der Waals surface area contributed by atoms with Crippen molar-refractivity contribution in [2.45, 2.75) is 39.3 Å². The first-order valence-corrected chi connectivity index (χ1v) is 6.76. The minimum Gasteiger partial charge on any atom is -0.480 e. The van der Waals surface area contributed by atoms with Gasteiger partial charge >= 0.3 is 5.97 Å². The second-order valence-corrected chi connectivity index (χ2v) is 4.94. The summed E-state index contributed by atoms with van der Waals surface area (Å²) in [5.74, 6) is -1.22. The zero-order valence-corrected chi connectivity index (χ0v) is 12.1. The van der Waals surface area contributed by atoms with E-state index in [2.05, 4.69) is 0 Å². The van der Waals surface area contributed by atoms with Gasteiger partial charge in [0.05, 0.1) is 5.69 Å². The molecule has 0 saturated carbocycles. The van der Waals surface area contributed by atoms with E-state index < -0.39 is 24.0 Å². The van der Waals surface area contributed by atoms with E-state index >= 15 is 0 Å². The number of nitrogens with zero attached hydrogens (tertiary/aromatic N) is 1. The van der Waals surface area contributed by atoms with Crippen LogP contribution in [-0.2, 0) is 9.59 Å². The largest absolute Gasteiger partial charge is 0.480 e. The summed E-state index contributed by atoms with van der Waals surface area (Å²) in [6.45, 7) is 4.73. The number of ether oxygens (including phenoxy) is 1. The summed E-state index contributed by atoms with van der Waals surface area (Å²) in [6.07, 6.45) is -0.426. The van der Waals surface area contributed by atoms with Crippen molar-refractivity contribution in [3.63, 3.8) is 0 Å². The minimum absolute atomic E-state index is 0.0770. The standard InChI is InChI=1S/C15H17NO5/c1-4-12(17)10-5-6-13-11(7-10)16(8(2)15(19)20)14(18)9(3)21-13/h5-9H,4H2,1-3H3,(H,19,20). The predicted octanol–water partition coefficient (Wildman–Crippen LogP) is 1.87. The number of carbonyl (C=O) groups excluding carboxylic acids is 2. The fourth-order valence-corrected chi connectivity index (χ4v) is 2.25. The van der Waals surface area contributed by atoms with E-state index in [4.69, 9.17) is 4.74 Å². The summed E-state index contributed by atoms with van der Waals surface area (Å²) < 4.78 is 5.48. The van der Waals surface area contributed by atoms with E-state index in [9.17, 15) is 19.5 Å². The van der Waals surface area contributed by atoms with Crippen LogP contribution >= 0.6 is 0 Å². The normalized spacial score (nSPS) is 18.7. The number of anilines is 1. The number of hydrogen-bond acceptors (Lipinski definition) is 4. The summed E-state index contributed by atoms with van der Waals surface area (Å²) in [4.78, 5) is 36.4. The molecule has 1 aliphatic rings. The zero-order valence-electron chi connectivity index (χ0n) is 12.1. The Kier molecular flexibility index (Phi) is 3.97. The summed E-state index contributed by atoms with van der Waals surface area (Å²) in [5, 5.41) is 9.19. The molecule has 112 valence electrons. The molecule has 0 bridgehead atoms. The lowest BCUT2D eigenvalue weighted by Crippen LogP contribution is -2.51. The third kappa shape index (κ3) is 2.61. The molecule has 0 saturated heterocycles. The second kappa shape index (κ2) is 5.55. The van der Waals surface area contributed by atoms with Gasteiger partial charge in [0, 0.05) is 12.0 Å². The molecule has 0 spiro atoms. The number of ketones is 1. The fourth-order valence-electron chi connectivity index (χ4n) is 2.25. The SMILES string of the molecule is CCC(=O)c1ccc2c(c1)N(C(C)C(=O)O)C(=O)C(C)O2. The molecule has 0 fully saturated rings. The van der Waals surface area contributed by atoms with Crippen molar-refractivity contribution in [2.24, 2.45) is 0 Å². The van der Waals surface area contributed by atoms with E-state index in [1.807, 2.05) is 0 Å². The Labute approximate surface area is 122 Å². The Balaban J connectivity index is 2.55. The molecule has 21 heavy (non-hydrogen) atoms. The van der Waals surface area contributed by atoms with E-state index in [0.717, 1.165) is 0 Å². The van der Waals surface area contributed by atoms with Crippen LogP contribution in [0.5, 0.6) is 5.75 Å². The molecular weight excluding hydrogens is 274 g/mol. The highest BCUT2D eigenvalue weighted by Crippen LogP contribution is 2.36. The molecule has 6 heteroatoms. The lowest BCUT2D eigenvalue weighted by atomic mass is 10.0. The third-order valence-corrected chi connectivity index (χ3v) is 3.50. The Bertz CT molecular complexity index is 610. The maximum atomic E-state index is 12.2. The zero-order chi connectivity index (χ0) is 15.7. The van der Waals surface area contributed by atoms with Gasteiger partial charge in [0.15, 0.2) is 11.9 Å². The second-order valence-electron chi connectivity index (χ2n) is 4.94. The summed E-state index contributed by atoms with van der Waals surface area (Å²) in [6, 6.07) is 3.71. The highest BCUT2D eigenvalue weighted by molar-refractivity contribution is 6.05. The molecule has 0 radical (unpaired) electrons. The molecule has 1 aromatic carbocycles. The van der Waals surface area contributed by atoms with Crippen LogP contribution in [0, 0.1) is 0 Å². The molecule has 1 aliphatic heterocycles. The van der Waals surface area contributed by atoms with Gasteiger partial charge in [-0.05, 0) is 32.0 Å². The van der Waals surface area contributed by atoms with Gasteiger partial charge in [0.25, 0.3) is 5.91 Å². The van der Waals surface area contributed by atoms with Crippen molar-refractivity contribution in [1.29, 1.82) is 0 Å². The van der Waals surface area contributed by atoms with Crippen LogP contribution in [0.1, 0.15) is 37.6 Å². The van der Waals surface area contributed by atoms with Crippen molar-refractivity contribution in [3.8, 4) is 5.75 Å². The number of carboxylic acid groups (broad SMARTS) is 1. The monoisotopic (exact) mass is 291 g/mol. The molecular formula is C15H17NO5. The van der Waals surface area contributed by atoms with Crippen molar-refractivity contribution >= 4 is 23.3 Å². The van der Waals surface area contributed by atoms with Crippen LogP contribution in [-0.4, -0.2) is 34.9 Å².